The molecule has 0 radical (unpaired) electrons. The molecule has 5 nitrogen and oxygen atoms in total. The van der Waals surface area contributed by atoms with E-state index in [1.54, 1.807) is 18.2 Å². The first kappa shape index (κ1) is 15.8. The first-order valence-electron chi connectivity index (χ1n) is 7.43. The number of carbonyl (C=O) groups excluding carboxylic acids is 1. The minimum Gasteiger partial charge on any atom is -0.507 e. The van der Waals surface area contributed by atoms with Gasteiger partial charge in [0.25, 0.3) is 5.91 Å². The number of morpholine rings is 1. The fourth-order valence-electron chi connectivity index (χ4n) is 2.71. The lowest BCUT2D eigenvalue weighted by Crippen LogP contribution is -2.52. The predicted molar refractivity (Wildman–Crippen MR) is 81.5 cm³/mol. The molecule has 0 saturated carbocycles. The molecule has 3 unspecified atom stereocenters. The summed E-state index contributed by atoms with van der Waals surface area (Å²) < 4.78 is 5.72. The number of phenolic OH excluding ortho intramolecular Hbond substituents is 1. The van der Waals surface area contributed by atoms with Crippen LogP contribution < -0.4 is 5.32 Å². The molecule has 21 heavy (non-hydrogen) atoms. The average Bonchev–Trinajstić information content (AvgIpc) is 2.43. The number of benzene rings is 1. The molecule has 5 heteroatoms. The summed E-state index contributed by atoms with van der Waals surface area (Å²) in [5, 5.41) is 12.6. The number of para-hydroxylation sites is 1. The van der Waals surface area contributed by atoms with Gasteiger partial charge >= 0.3 is 0 Å². The number of rotatable bonds is 4. The number of carbonyl (C=O) groups is 1. The number of nitrogens with one attached hydrogen (secondary N) is 1. The highest BCUT2D eigenvalue weighted by molar-refractivity contribution is 5.96. The lowest BCUT2D eigenvalue weighted by atomic mass is 10.1. The maximum atomic E-state index is 12.1. The molecular weight excluding hydrogens is 268 g/mol. The van der Waals surface area contributed by atoms with Gasteiger partial charge in [0.15, 0.2) is 0 Å². The molecule has 1 aromatic carbocycles. The van der Waals surface area contributed by atoms with E-state index in [9.17, 15) is 9.90 Å². The van der Waals surface area contributed by atoms with Crippen LogP contribution in [0.15, 0.2) is 24.3 Å². The van der Waals surface area contributed by atoms with Gasteiger partial charge in [0.1, 0.15) is 5.75 Å². The van der Waals surface area contributed by atoms with Gasteiger partial charge in [0.05, 0.1) is 17.8 Å². The Morgan fingerprint density at radius 2 is 2.00 bits per heavy atom. The fraction of sp³-hybridized carbons (Fsp3) is 0.562. The van der Waals surface area contributed by atoms with Crippen molar-refractivity contribution in [2.45, 2.75) is 39.0 Å². The van der Waals surface area contributed by atoms with Gasteiger partial charge < -0.3 is 15.2 Å². The lowest BCUT2D eigenvalue weighted by Gasteiger charge is -2.39. The molecule has 116 valence electrons. The van der Waals surface area contributed by atoms with Gasteiger partial charge in [-0.2, -0.15) is 0 Å². The Hall–Kier alpha value is -1.59. The third-order valence-electron chi connectivity index (χ3n) is 3.78. The second-order valence-electron chi connectivity index (χ2n) is 5.79. The highest BCUT2D eigenvalue weighted by atomic mass is 16.5. The van der Waals surface area contributed by atoms with Gasteiger partial charge in [-0.05, 0) is 32.9 Å². The summed E-state index contributed by atoms with van der Waals surface area (Å²) in [6.45, 7) is 8.52. The van der Waals surface area contributed by atoms with E-state index in [0.29, 0.717) is 12.1 Å². The van der Waals surface area contributed by atoms with Crippen molar-refractivity contribution in [3.8, 4) is 5.75 Å². The number of ether oxygens (including phenoxy) is 1. The molecule has 3 atom stereocenters. The van der Waals surface area contributed by atoms with E-state index in [1.807, 2.05) is 0 Å². The minimum absolute atomic E-state index is 0.0104. The minimum atomic E-state index is -0.241. The molecule has 1 fully saturated rings. The Balaban J connectivity index is 1.87. The van der Waals surface area contributed by atoms with Gasteiger partial charge in [-0.3, -0.25) is 9.69 Å². The van der Waals surface area contributed by atoms with Crippen LogP contribution in [-0.2, 0) is 4.74 Å². The zero-order chi connectivity index (χ0) is 15.4. The molecular formula is C16H24N2O3. The maximum Gasteiger partial charge on any atom is 0.255 e. The number of amides is 1. The zero-order valence-electron chi connectivity index (χ0n) is 12.9. The number of hydrogen-bond donors (Lipinski definition) is 2. The monoisotopic (exact) mass is 292 g/mol. The number of phenols is 1. The van der Waals surface area contributed by atoms with Crippen molar-refractivity contribution in [3.05, 3.63) is 29.8 Å². The SMILES string of the molecule is CC1CN(C(C)CNC(=O)c2ccccc2O)CC(C)O1. The summed E-state index contributed by atoms with van der Waals surface area (Å²) >= 11 is 0. The molecule has 1 aliphatic rings. The topological polar surface area (TPSA) is 61.8 Å². The summed E-state index contributed by atoms with van der Waals surface area (Å²) in [4.78, 5) is 14.4. The zero-order valence-corrected chi connectivity index (χ0v) is 12.9. The molecule has 0 spiro atoms. The van der Waals surface area contributed by atoms with E-state index in [0.717, 1.165) is 13.1 Å². The number of nitrogens with zero attached hydrogens (tertiary/aromatic N) is 1. The predicted octanol–water partition coefficient (Wildman–Crippen LogP) is 1.62. The van der Waals surface area contributed by atoms with E-state index in [1.165, 1.54) is 6.07 Å². The molecule has 1 heterocycles. The van der Waals surface area contributed by atoms with Crippen molar-refractivity contribution in [2.75, 3.05) is 19.6 Å². The van der Waals surface area contributed by atoms with Crippen LogP contribution >= 0.6 is 0 Å². The third kappa shape index (κ3) is 4.19. The Morgan fingerprint density at radius 3 is 2.62 bits per heavy atom. The molecule has 2 rings (SSSR count). The molecule has 0 aromatic heterocycles. The van der Waals surface area contributed by atoms with Crippen molar-refractivity contribution < 1.29 is 14.6 Å². The average molecular weight is 292 g/mol. The Kier molecular flexibility index (Phi) is 5.20. The van der Waals surface area contributed by atoms with Crippen LogP contribution in [0.2, 0.25) is 0 Å². The maximum absolute atomic E-state index is 12.1. The summed E-state index contributed by atoms with van der Waals surface area (Å²) in [6.07, 6.45) is 0.426. The van der Waals surface area contributed by atoms with Crippen LogP contribution in [0.3, 0.4) is 0 Å². The third-order valence-corrected chi connectivity index (χ3v) is 3.78. The molecule has 2 N–H and O–H groups in total. The van der Waals surface area contributed by atoms with Crippen molar-refractivity contribution in [2.24, 2.45) is 0 Å². The van der Waals surface area contributed by atoms with E-state index >= 15 is 0 Å². The van der Waals surface area contributed by atoms with Crippen LogP contribution in [0.4, 0.5) is 0 Å². The number of hydrogen-bond acceptors (Lipinski definition) is 4. The highest BCUT2D eigenvalue weighted by Crippen LogP contribution is 2.16. The van der Waals surface area contributed by atoms with Gasteiger partial charge in [0, 0.05) is 25.7 Å². The van der Waals surface area contributed by atoms with Crippen molar-refractivity contribution in [3.63, 3.8) is 0 Å². The molecule has 1 aliphatic heterocycles. The normalized spacial score (nSPS) is 24.5. The van der Waals surface area contributed by atoms with Crippen LogP contribution in [-0.4, -0.2) is 53.8 Å². The summed E-state index contributed by atoms with van der Waals surface area (Å²) in [5.41, 5.74) is 0.313. The van der Waals surface area contributed by atoms with E-state index in [2.05, 4.69) is 31.0 Å². The van der Waals surface area contributed by atoms with Gasteiger partial charge in [-0.1, -0.05) is 12.1 Å². The van der Waals surface area contributed by atoms with E-state index < -0.39 is 0 Å². The second kappa shape index (κ2) is 6.91. The van der Waals surface area contributed by atoms with Crippen molar-refractivity contribution in [1.29, 1.82) is 0 Å². The second-order valence-corrected chi connectivity index (χ2v) is 5.79. The molecule has 0 bridgehead atoms. The van der Waals surface area contributed by atoms with Crippen LogP contribution in [0, 0.1) is 0 Å². The summed E-state index contributed by atoms with van der Waals surface area (Å²) in [5.74, 6) is -0.231. The number of aromatic hydroxyl groups is 1. The lowest BCUT2D eigenvalue weighted by molar-refractivity contribution is -0.0778. The quantitative estimate of drug-likeness (QED) is 0.885. The van der Waals surface area contributed by atoms with Crippen LogP contribution in [0.5, 0.6) is 5.75 Å². The molecule has 0 aliphatic carbocycles. The largest absolute Gasteiger partial charge is 0.507 e. The highest BCUT2D eigenvalue weighted by Gasteiger charge is 2.26. The summed E-state index contributed by atoms with van der Waals surface area (Å²) in [6, 6.07) is 6.81. The molecule has 1 saturated heterocycles. The Labute approximate surface area is 125 Å². The van der Waals surface area contributed by atoms with Gasteiger partial charge in [-0.25, -0.2) is 0 Å². The van der Waals surface area contributed by atoms with Crippen molar-refractivity contribution in [1.82, 2.24) is 10.2 Å². The van der Waals surface area contributed by atoms with Gasteiger partial charge in [0.2, 0.25) is 0 Å². The Bertz CT molecular complexity index is 482. The smallest absolute Gasteiger partial charge is 0.255 e. The van der Waals surface area contributed by atoms with Crippen molar-refractivity contribution >= 4 is 5.91 Å². The summed E-state index contributed by atoms with van der Waals surface area (Å²) in [7, 11) is 0. The van der Waals surface area contributed by atoms with Crippen LogP contribution in [0.1, 0.15) is 31.1 Å². The first-order valence-corrected chi connectivity index (χ1v) is 7.43. The first-order chi connectivity index (χ1) is 9.97. The molecule has 1 aromatic rings. The van der Waals surface area contributed by atoms with E-state index in [4.69, 9.17) is 4.74 Å². The standard InChI is InChI=1S/C16H24N2O3/c1-11(18-9-12(2)21-13(3)10-18)8-17-16(20)14-6-4-5-7-15(14)19/h4-7,11-13,19H,8-10H2,1-3H3,(H,17,20). The fourth-order valence-corrected chi connectivity index (χ4v) is 2.71. The van der Waals surface area contributed by atoms with Gasteiger partial charge in [-0.15, -0.1) is 0 Å². The molecule has 1 amide bonds. The van der Waals surface area contributed by atoms with Crippen LogP contribution in [0.25, 0.3) is 0 Å². The Morgan fingerprint density at radius 1 is 1.38 bits per heavy atom. The van der Waals surface area contributed by atoms with E-state index in [-0.39, 0.29) is 29.9 Å².